The first kappa shape index (κ1) is 19.2. The van der Waals surface area contributed by atoms with E-state index in [1.807, 2.05) is 60.7 Å². The van der Waals surface area contributed by atoms with Crippen LogP contribution >= 0.6 is 0 Å². The van der Waals surface area contributed by atoms with E-state index in [1.165, 1.54) is 0 Å². The standard InChI is InChI=1S/C19H25BN2O3/c21-18(13-16-9-5-2-6-10-16)19(23)22-14-17(20(24)25)12-11-15-7-3-1-4-8-15/h1-10,17-18,24-25H,11-14,21H2,(H,22,23). The SMILES string of the molecule is NC(Cc1ccccc1)C(=O)NCC(CCc1ccccc1)B(O)O. The zero-order chi connectivity index (χ0) is 18.1. The van der Waals surface area contributed by atoms with Crippen molar-refractivity contribution in [2.45, 2.75) is 31.1 Å². The van der Waals surface area contributed by atoms with Gasteiger partial charge in [-0.15, -0.1) is 0 Å². The van der Waals surface area contributed by atoms with Gasteiger partial charge in [0.15, 0.2) is 0 Å². The fourth-order valence-corrected chi connectivity index (χ4v) is 2.68. The molecule has 0 bridgehead atoms. The van der Waals surface area contributed by atoms with Crippen molar-refractivity contribution in [2.75, 3.05) is 6.54 Å². The molecule has 5 N–H and O–H groups in total. The van der Waals surface area contributed by atoms with Gasteiger partial charge in [-0.05, 0) is 30.4 Å². The fraction of sp³-hybridized carbons (Fsp3) is 0.316. The third-order valence-corrected chi connectivity index (χ3v) is 4.24. The number of carbonyl (C=O) groups is 1. The van der Waals surface area contributed by atoms with Crippen molar-refractivity contribution in [3.63, 3.8) is 0 Å². The van der Waals surface area contributed by atoms with Crippen molar-refractivity contribution >= 4 is 13.0 Å². The molecule has 0 radical (unpaired) electrons. The molecule has 132 valence electrons. The number of benzene rings is 2. The average molecular weight is 340 g/mol. The Bertz CT molecular complexity index is 638. The van der Waals surface area contributed by atoms with Gasteiger partial charge in [-0.2, -0.15) is 0 Å². The molecule has 0 aliphatic carbocycles. The van der Waals surface area contributed by atoms with Crippen LogP contribution in [-0.4, -0.2) is 35.7 Å². The molecular weight excluding hydrogens is 315 g/mol. The van der Waals surface area contributed by atoms with E-state index < -0.39 is 19.0 Å². The van der Waals surface area contributed by atoms with Gasteiger partial charge in [0, 0.05) is 12.4 Å². The minimum atomic E-state index is -1.48. The van der Waals surface area contributed by atoms with Crippen LogP contribution in [0.1, 0.15) is 17.5 Å². The van der Waals surface area contributed by atoms with Crippen LogP contribution in [0.3, 0.4) is 0 Å². The summed E-state index contributed by atoms with van der Waals surface area (Å²) in [5, 5.41) is 21.8. The lowest BCUT2D eigenvalue weighted by atomic mass is 9.70. The molecule has 0 heterocycles. The Labute approximate surface area is 149 Å². The van der Waals surface area contributed by atoms with Crippen molar-refractivity contribution in [3.8, 4) is 0 Å². The number of aryl methyl sites for hydroxylation is 1. The molecule has 2 aromatic rings. The number of rotatable bonds is 9. The predicted octanol–water partition coefficient (Wildman–Crippen LogP) is 1.15. The molecule has 1 amide bonds. The number of nitrogens with one attached hydrogen (secondary N) is 1. The summed E-state index contributed by atoms with van der Waals surface area (Å²) in [4.78, 5) is 12.1. The summed E-state index contributed by atoms with van der Waals surface area (Å²) >= 11 is 0. The van der Waals surface area contributed by atoms with E-state index in [-0.39, 0.29) is 12.5 Å². The summed E-state index contributed by atoms with van der Waals surface area (Å²) in [7, 11) is -1.48. The second-order valence-corrected chi connectivity index (χ2v) is 6.24. The van der Waals surface area contributed by atoms with Crippen LogP contribution in [0.2, 0.25) is 5.82 Å². The summed E-state index contributed by atoms with van der Waals surface area (Å²) in [5.74, 6) is -0.720. The highest BCUT2D eigenvalue weighted by Gasteiger charge is 2.24. The summed E-state index contributed by atoms with van der Waals surface area (Å²) in [6.45, 7) is 0.186. The van der Waals surface area contributed by atoms with Crippen LogP contribution in [0.25, 0.3) is 0 Å². The lowest BCUT2D eigenvalue weighted by molar-refractivity contribution is -0.122. The molecule has 0 aliphatic heterocycles. The summed E-state index contributed by atoms with van der Waals surface area (Å²) in [6.07, 6.45) is 1.73. The van der Waals surface area contributed by atoms with Gasteiger partial charge in [0.1, 0.15) is 0 Å². The molecule has 0 fully saturated rings. The van der Waals surface area contributed by atoms with Crippen LogP contribution in [0.4, 0.5) is 0 Å². The maximum Gasteiger partial charge on any atom is 0.456 e. The van der Waals surface area contributed by atoms with Crippen molar-refractivity contribution in [1.82, 2.24) is 5.32 Å². The second-order valence-electron chi connectivity index (χ2n) is 6.24. The molecule has 2 unspecified atom stereocenters. The van der Waals surface area contributed by atoms with Crippen molar-refractivity contribution < 1.29 is 14.8 Å². The molecule has 0 aliphatic rings. The number of carbonyl (C=O) groups excluding carboxylic acids is 1. The normalized spacial score (nSPS) is 13.1. The van der Waals surface area contributed by atoms with Crippen LogP contribution in [0.15, 0.2) is 60.7 Å². The maximum atomic E-state index is 12.1. The number of amides is 1. The van der Waals surface area contributed by atoms with Gasteiger partial charge in [-0.3, -0.25) is 4.79 Å². The van der Waals surface area contributed by atoms with Crippen molar-refractivity contribution in [1.29, 1.82) is 0 Å². The summed E-state index contributed by atoms with van der Waals surface area (Å²) < 4.78 is 0. The third kappa shape index (κ3) is 6.70. The zero-order valence-corrected chi connectivity index (χ0v) is 14.2. The molecule has 6 heteroatoms. The van der Waals surface area contributed by atoms with Gasteiger partial charge in [0.25, 0.3) is 0 Å². The Hall–Kier alpha value is -2.15. The second kappa shape index (κ2) is 9.98. The predicted molar refractivity (Wildman–Crippen MR) is 99.8 cm³/mol. The molecule has 5 nitrogen and oxygen atoms in total. The van der Waals surface area contributed by atoms with E-state index in [9.17, 15) is 14.8 Å². The maximum absolute atomic E-state index is 12.1. The van der Waals surface area contributed by atoms with Gasteiger partial charge in [0.2, 0.25) is 5.91 Å². The van der Waals surface area contributed by atoms with E-state index in [2.05, 4.69) is 5.32 Å². The molecule has 0 saturated carbocycles. The van der Waals surface area contributed by atoms with E-state index >= 15 is 0 Å². The number of hydrogen-bond donors (Lipinski definition) is 4. The summed E-state index contributed by atoms with van der Waals surface area (Å²) in [6, 6.07) is 18.7. The quantitative estimate of drug-likeness (QED) is 0.515. The molecule has 0 saturated heterocycles. The minimum absolute atomic E-state index is 0.186. The Morgan fingerprint density at radius 1 is 1.00 bits per heavy atom. The van der Waals surface area contributed by atoms with Crippen LogP contribution in [-0.2, 0) is 17.6 Å². The molecule has 2 atom stereocenters. The van der Waals surface area contributed by atoms with E-state index in [1.54, 1.807) is 0 Å². The topological polar surface area (TPSA) is 95.6 Å². The summed E-state index contributed by atoms with van der Waals surface area (Å²) in [5.41, 5.74) is 8.06. The average Bonchev–Trinajstić information content (AvgIpc) is 2.62. The minimum Gasteiger partial charge on any atom is -0.427 e. The first-order valence-electron chi connectivity index (χ1n) is 8.53. The van der Waals surface area contributed by atoms with Gasteiger partial charge in [-0.1, -0.05) is 60.7 Å². The molecule has 0 spiro atoms. The van der Waals surface area contributed by atoms with Crippen molar-refractivity contribution in [2.24, 2.45) is 5.73 Å². The lowest BCUT2D eigenvalue weighted by Crippen LogP contribution is -2.44. The fourth-order valence-electron chi connectivity index (χ4n) is 2.68. The van der Waals surface area contributed by atoms with E-state index in [4.69, 9.17) is 5.73 Å². The Balaban J connectivity index is 1.80. The molecular formula is C19H25BN2O3. The third-order valence-electron chi connectivity index (χ3n) is 4.24. The number of hydrogen-bond acceptors (Lipinski definition) is 4. The lowest BCUT2D eigenvalue weighted by Gasteiger charge is -2.18. The highest BCUT2D eigenvalue weighted by Crippen LogP contribution is 2.16. The first-order chi connectivity index (χ1) is 12.1. The molecule has 0 aromatic heterocycles. The van der Waals surface area contributed by atoms with Gasteiger partial charge in [-0.25, -0.2) is 0 Å². The van der Waals surface area contributed by atoms with Crippen molar-refractivity contribution in [3.05, 3.63) is 71.8 Å². The highest BCUT2D eigenvalue weighted by molar-refractivity contribution is 6.43. The smallest absolute Gasteiger partial charge is 0.427 e. The zero-order valence-electron chi connectivity index (χ0n) is 14.2. The highest BCUT2D eigenvalue weighted by atomic mass is 16.4. The Morgan fingerprint density at radius 2 is 1.56 bits per heavy atom. The van der Waals surface area contributed by atoms with E-state index in [0.29, 0.717) is 12.8 Å². The molecule has 2 rings (SSSR count). The van der Waals surface area contributed by atoms with Gasteiger partial charge in [0.05, 0.1) is 6.04 Å². The Morgan fingerprint density at radius 3 is 2.12 bits per heavy atom. The van der Waals surface area contributed by atoms with Crippen LogP contribution in [0, 0.1) is 0 Å². The van der Waals surface area contributed by atoms with E-state index in [0.717, 1.165) is 17.5 Å². The molecule has 2 aromatic carbocycles. The van der Waals surface area contributed by atoms with Crippen LogP contribution in [0.5, 0.6) is 0 Å². The monoisotopic (exact) mass is 340 g/mol. The number of nitrogens with two attached hydrogens (primary N) is 1. The first-order valence-corrected chi connectivity index (χ1v) is 8.53. The van der Waals surface area contributed by atoms with Gasteiger partial charge >= 0.3 is 7.12 Å². The van der Waals surface area contributed by atoms with Crippen LogP contribution < -0.4 is 11.1 Å². The van der Waals surface area contributed by atoms with Gasteiger partial charge < -0.3 is 21.1 Å². The Kier molecular flexibility index (Phi) is 7.66. The largest absolute Gasteiger partial charge is 0.456 e. The molecule has 25 heavy (non-hydrogen) atoms.